The molecule has 0 radical (unpaired) electrons. The van der Waals surface area contributed by atoms with E-state index in [9.17, 15) is 4.39 Å². The van der Waals surface area contributed by atoms with Crippen LogP contribution in [0, 0.1) is 5.82 Å². The van der Waals surface area contributed by atoms with Crippen LogP contribution < -0.4 is 4.74 Å². The van der Waals surface area contributed by atoms with Gasteiger partial charge in [-0.3, -0.25) is 0 Å². The van der Waals surface area contributed by atoms with E-state index in [0.717, 1.165) is 11.3 Å². The van der Waals surface area contributed by atoms with Crippen LogP contribution in [0.2, 0.25) is 5.02 Å². The van der Waals surface area contributed by atoms with E-state index in [2.05, 4.69) is 10.2 Å². The maximum absolute atomic E-state index is 13.7. The smallest absolute Gasteiger partial charge is 0.276 e. The van der Waals surface area contributed by atoms with E-state index in [1.165, 1.54) is 17.8 Å². The number of hydrogen-bond acceptors (Lipinski definition) is 5. The molecule has 24 heavy (non-hydrogen) atoms. The monoisotopic (exact) mass is 364 g/mol. The zero-order valence-corrected chi connectivity index (χ0v) is 14.4. The van der Waals surface area contributed by atoms with Crippen molar-refractivity contribution in [1.82, 2.24) is 10.2 Å². The number of hydrogen-bond donors (Lipinski definition) is 0. The zero-order chi connectivity index (χ0) is 16.9. The van der Waals surface area contributed by atoms with Gasteiger partial charge >= 0.3 is 0 Å². The summed E-state index contributed by atoms with van der Waals surface area (Å²) in [6, 6.07) is 12.2. The molecule has 2 aromatic carbocycles. The van der Waals surface area contributed by atoms with E-state index in [4.69, 9.17) is 20.8 Å². The van der Waals surface area contributed by atoms with Crippen molar-refractivity contribution in [2.24, 2.45) is 0 Å². The lowest BCUT2D eigenvalue weighted by Crippen LogP contribution is -1.89. The van der Waals surface area contributed by atoms with E-state index in [1.54, 1.807) is 19.2 Å². The number of halogens is 2. The first-order chi connectivity index (χ1) is 11.6. The van der Waals surface area contributed by atoms with Gasteiger partial charge in [0.1, 0.15) is 11.6 Å². The summed E-state index contributed by atoms with van der Waals surface area (Å²) in [5, 5.41) is 8.79. The lowest BCUT2D eigenvalue weighted by molar-refractivity contribution is 0.413. The Morgan fingerprint density at radius 3 is 2.67 bits per heavy atom. The van der Waals surface area contributed by atoms with Gasteiger partial charge in [0.25, 0.3) is 5.22 Å². The highest BCUT2D eigenvalue weighted by Gasteiger charge is 2.10. The van der Waals surface area contributed by atoms with Crippen molar-refractivity contribution >= 4 is 23.4 Å². The normalized spacial score (nSPS) is 10.8. The van der Waals surface area contributed by atoms with Crippen molar-refractivity contribution in [1.29, 1.82) is 0 Å². The van der Waals surface area contributed by atoms with E-state index in [1.807, 2.05) is 24.3 Å². The predicted molar refractivity (Wildman–Crippen MR) is 91.1 cm³/mol. The summed E-state index contributed by atoms with van der Waals surface area (Å²) in [5.41, 5.74) is 1.58. The fourth-order valence-corrected chi connectivity index (χ4v) is 2.99. The molecule has 1 aromatic heterocycles. The molecule has 0 atom stereocenters. The van der Waals surface area contributed by atoms with Crippen LogP contribution in [0.25, 0.3) is 0 Å². The summed E-state index contributed by atoms with van der Waals surface area (Å²) in [4.78, 5) is 0. The van der Waals surface area contributed by atoms with Gasteiger partial charge in [0.15, 0.2) is 0 Å². The Morgan fingerprint density at radius 1 is 1.17 bits per heavy atom. The molecule has 4 nitrogen and oxygen atoms in total. The fourth-order valence-electron chi connectivity index (χ4n) is 2.06. The van der Waals surface area contributed by atoms with Crippen LogP contribution in [-0.4, -0.2) is 17.3 Å². The molecule has 0 amide bonds. The summed E-state index contributed by atoms with van der Waals surface area (Å²) in [5.74, 6) is 1.37. The summed E-state index contributed by atoms with van der Waals surface area (Å²) >= 11 is 7.03. The van der Waals surface area contributed by atoms with Crippen molar-refractivity contribution in [3.8, 4) is 5.75 Å². The van der Waals surface area contributed by atoms with Crippen molar-refractivity contribution < 1.29 is 13.5 Å². The van der Waals surface area contributed by atoms with Gasteiger partial charge in [-0.25, -0.2) is 4.39 Å². The SMILES string of the molecule is COc1ccc(Cc2nnc(SCc3ccc(Cl)cc3F)o2)cc1. The molecule has 0 bridgehead atoms. The largest absolute Gasteiger partial charge is 0.497 e. The van der Waals surface area contributed by atoms with Crippen LogP contribution in [0.15, 0.2) is 52.1 Å². The standard InChI is InChI=1S/C17H14ClFN2O2S/c1-22-14-6-2-11(3-7-14)8-16-20-21-17(23-16)24-10-12-4-5-13(18)9-15(12)19/h2-7,9H,8,10H2,1H3. The van der Waals surface area contributed by atoms with Crippen LogP contribution in [0.3, 0.4) is 0 Å². The number of methoxy groups -OCH3 is 1. The highest BCUT2D eigenvalue weighted by atomic mass is 35.5. The first kappa shape index (κ1) is 16.8. The second kappa shape index (κ2) is 7.68. The Morgan fingerprint density at radius 2 is 1.96 bits per heavy atom. The minimum absolute atomic E-state index is 0.340. The minimum atomic E-state index is -0.340. The second-order valence-corrected chi connectivity index (χ2v) is 6.37. The molecule has 0 saturated heterocycles. The third-order valence-electron chi connectivity index (χ3n) is 3.33. The molecule has 3 aromatic rings. The highest BCUT2D eigenvalue weighted by molar-refractivity contribution is 7.98. The van der Waals surface area contributed by atoms with Crippen LogP contribution in [0.4, 0.5) is 4.39 Å². The van der Waals surface area contributed by atoms with Crippen LogP contribution in [0.5, 0.6) is 5.75 Å². The molecule has 0 unspecified atom stereocenters. The number of aromatic nitrogens is 2. The number of benzene rings is 2. The maximum Gasteiger partial charge on any atom is 0.276 e. The Kier molecular flexibility index (Phi) is 5.37. The summed E-state index contributed by atoms with van der Waals surface area (Å²) in [7, 11) is 1.63. The van der Waals surface area contributed by atoms with E-state index >= 15 is 0 Å². The van der Waals surface area contributed by atoms with Gasteiger partial charge in [-0.05, 0) is 35.4 Å². The molecule has 0 aliphatic heterocycles. The quantitative estimate of drug-likeness (QED) is 0.590. The molecule has 0 fully saturated rings. The Hall–Kier alpha value is -2.05. The topological polar surface area (TPSA) is 48.2 Å². The molecule has 3 rings (SSSR count). The number of thioether (sulfide) groups is 1. The zero-order valence-electron chi connectivity index (χ0n) is 12.8. The molecule has 7 heteroatoms. The van der Waals surface area contributed by atoms with Gasteiger partial charge in [0.2, 0.25) is 5.89 Å². The van der Waals surface area contributed by atoms with Gasteiger partial charge in [-0.15, -0.1) is 10.2 Å². The van der Waals surface area contributed by atoms with E-state index in [0.29, 0.717) is 33.9 Å². The van der Waals surface area contributed by atoms with E-state index < -0.39 is 0 Å². The number of ether oxygens (including phenoxy) is 1. The number of nitrogens with zero attached hydrogens (tertiary/aromatic N) is 2. The third-order valence-corrected chi connectivity index (χ3v) is 4.43. The van der Waals surface area contributed by atoms with Crippen molar-refractivity contribution in [3.63, 3.8) is 0 Å². The van der Waals surface area contributed by atoms with Crippen LogP contribution in [0.1, 0.15) is 17.0 Å². The van der Waals surface area contributed by atoms with Gasteiger partial charge in [0, 0.05) is 10.8 Å². The average Bonchev–Trinajstić information content (AvgIpc) is 3.02. The second-order valence-electron chi connectivity index (χ2n) is 5.01. The molecule has 0 spiro atoms. The van der Waals surface area contributed by atoms with Gasteiger partial charge in [0.05, 0.1) is 13.5 Å². The van der Waals surface area contributed by atoms with Crippen LogP contribution in [-0.2, 0) is 12.2 Å². The molecule has 0 aliphatic carbocycles. The Labute approximate surface area is 148 Å². The van der Waals surface area contributed by atoms with Gasteiger partial charge in [-0.2, -0.15) is 0 Å². The Balaban J connectivity index is 1.60. The average molecular weight is 365 g/mol. The first-order valence-electron chi connectivity index (χ1n) is 7.16. The molecule has 0 aliphatic rings. The molecular formula is C17H14ClFN2O2S. The number of rotatable bonds is 6. The van der Waals surface area contributed by atoms with Gasteiger partial charge < -0.3 is 9.15 Å². The van der Waals surface area contributed by atoms with Crippen molar-refractivity contribution in [3.05, 3.63) is 70.3 Å². The molecule has 0 N–H and O–H groups in total. The molecule has 1 heterocycles. The summed E-state index contributed by atoms with van der Waals surface area (Å²) in [6.45, 7) is 0. The van der Waals surface area contributed by atoms with Crippen molar-refractivity contribution in [2.45, 2.75) is 17.4 Å². The lowest BCUT2D eigenvalue weighted by atomic mass is 10.1. The molecular weight excluding hydrogens is 351 g/mol. The maximum atomic E-state index is 13.7. The molecule has 124 valence electrons. The first-order valence-corrected chi connectivity index (χ1v) is 8.52. The third kappa shape index (κ3) is 4.27. The van der Waals surface area contributed by atoms with Crippen LogP contribution >= 0.6 is 23.4 Å². The summed E-state index contributed by atoms with van der Waals surface area (Å²) < 4.78 is 24.4. The fraction of sp³-hybridized carbons (Fsp3) is 0.176. The van der Waals surface area contributed by atoms with Gasteiger partial charge in [-0.1, -0.05) is 41.6 Å². The predicted octanol–water partition coefficient (Wildman–Crippen LogP) is 4.75. The van der Waals surface area contributed by atoms with Crippen molar-refractivity contribution in [2.75, 3.05) is 7.11 Å². The minimum Gasteiger partial charge on any atom is -0.497 e. The van der Waals surface area contributed by atoms with E-state index in [-0.39, 0.29) is 5.82 Å². The lowest BCUT2D eigenvalue weighted by Gasteiger charge is -2.01. The Bertz CT molecular complexity index is 824. The highest BCUT2D eigenvalue weighted by Crippen LogP contribution is 2.25. The summed E-state index contributed by atoms with van der Waals surface area (Å²) in [6.07, 6.45) is 0.535. The molecule has 0 saturated carbocycles.